The Kier molecular flexibility index (Phi) is 10.2. The molecule has 0 aromatic heterocycles. The second kappa shape index (κ2) is 11.6. The standard InChI is InChI=1S/C21H35N5O.HI/c1-16(18-10-6-5-7-11-18)25-21(2,3)15-24-20(23-4)26-12-8-9-17(14-26)13-19(22)27;/h5-7,10-11,16-17,25H,8-9,12-15H2,1-4H3,(H2,22,27)(H,23,24);1H. The number of carbonyl (C=O) groups is 1. The lowest BCUT2D eigenvalue weighted by Crippen LogP contribution is -2.54. The first-order chi connectivity index (χ1) is 12.8. The molecule has 0 bridgehead atoms. The maximum absolute atomic E-state index is 11.2. The number of nitrogens with two attached hydrogens (primary N) is 1. The molecule has 2 unspecified atom stereocenters. The largest absolute Gasteiger partial charge is 0.370 e. The number of nitrogens with zero attached hydrogens (tertiary/aromatic N) is 2. The molecule has 4 N–H and O–H groups in total. The van der Waals surface area contributed by atoms with Gasteiger partial charge in [0, 0.05) is 44.7 Å². The highest BCUT2D eigenvalue weighted by atomic mass is 127. The minimum absolute atomic E-state index is 0. The maximum atomic E-state index is 11.2. The second-order valence-electron chi connectivity index (χ2n) is 8.19. The molecule has 1 aromatic rings. The third-order valence-electron chi connectivity index (χ3n) is 5.12. The molecule has 28 heavy (non-hydrogen) atoms. The minimum atomic E-state index is -0.218. The molecule has 0 spiro atoms. The summed E-state index contributed by atoms with van der Waals surface area (Å²) in [6, 6.07) is 10.7. The molecule has 1 heterocycles. The highest BCUT2D eigenvalue weighted by Crippen LogP contribution is 2.20. The average molecular weight is 501 g/mol. The number of carbonyl (C=O) groups excluding carboxylic acids is 1. The SMILES string of the molecule is CN=C(NCC(C)(C)NC(C)c1ccccc1)N1CCCC(CC(N)=O)C1.I. The number of rotatable bonds is 7. The van der Waals surface area contributed by atoms with Crippen molar-refractivity contribution in [2.75, 3.05) is 26.7 Å². The van der Waals surface area contributed by atoms with E-state index >= 15 is 0 Å². The normalized spacial score (nSPS) is 18.9. The highest BCUT2D eigenvalue weighted by Gasteiger charge is 2.26. The van der Waals surface area contributed by atoms with Crippen molar-refractivity contribution in [3.8, 4) is 0 Å². The lowest BCUT2D eigenvalue weighted by Gasteiger charge is -2.37. The molecular formula is C21H36IN5O. The van der Waals surface area contributed by atoms with Crippen molar-refractivity contribution in [1.82, 2.24) is 15.5 Å². The number of hydrogen-bond donors (Lipinski definition) is 3. The Morgan fingerprint density at radius 3 is 2.64 bits per heavy atom. The van der Waals surface area contributed by atoms with E-state index in [1.165, 1.54) is 5.56 Å². The van der Waals surface area contributed by atoms with Crippen LogP contribution in [0.15, 0.2) is 35.3 Å². The highest BCUT2D eigenvalue weighted by molar-refractivity contribution is 14.0. The number of aliphatic imine (C=N–C) groups is 1. The number of nitrogens with one attached hydrogen (secondary N) is 2. The predicted octanol–water partition coefficient (Wildman–Crippen LogP) is 2.90. The number of piperidine rings is 1. The molecular weight excluding hydrogens is 465 g/mol. The van der Waals surface area contributed by atoms with Crippen LogP contribution in [-0.2, 0) is 4.79 Å². The van der Waals surface area contributed by atoms with Crippen molar-refractivity contribution in [3.63, 3.8) is 0 Å². The molecule has 2 rings (SSSR count). The van der Waals surface area contributed by atoms with E-state index in [1.807, 2.05) is 13.1 Å². The Morgan fingerprint density at radius 2 is 2.04 bits per heavy atom. The smallest absolute Gasteiger partial charge is 0.217 e. The van der Waals surface area contributed by atoms with Crippen molar-refractivity contribution in [3.05, 3.63) is 35.9 Å². The number of guanidine groups is 1. The third-order valence-corrected chi connectivity index (χ3v) is 5.12. The summed E-state index contributed by atoms with van der Waals surface area (Å²) in [5.41, 5.74) is 6.55. The van der Waals surface area contributed by atoms with E-state index in [0.717, 1.165) is 38.4 Å². The molecule has 1 aliphatic heterocycles. The number of primary amides is 1. The van der Waals surface area contributed by atoms with Gasteiger partial charge in [-0.25, -0.2) is 0 Å². The Hall–Kier alpha value is -1.35. The summed E-state index contributed by atoms with van der Waals surface area (Å²) in [6.45, 7) is 9.12. The molecule has 158 valence electrons. The van der Waals surface area contributed by atoms with E-state index in [9.17, 15) is 4.79 Å². The van der Waals surface area contributed by atoms with Crippen LogP contribution in [0.4, 0.5) is 0 Å². The van der Waals surface area contributed by atoms with Crippen LogP contribution in [0.2, 0.25) is 0 Å². The first-order valence-corrected chi connectivity index (χ1v) is 9.87. The molecule has 1 aliphatic rings. The molecule has 0 saturated carbocycles. The Balaban J connectivity index is 0.00000392. The van der Waals surface area contributed by atoms with Crippen LogP contribution in [0, 0.1) is 5.92 Å². The molecule has 1 fully saturated rings. The topological polar surface area (TPSA) is 82.8 Å². The van der Waals surface area contributed by atoms with Gasteiger partial charge in [0.25, 0.3) is 0 Å². The summed E-state index contributed by atoms with van der Waals surface area (Å²) < 4.78 is 0. The van der Waals surface area contributed by atoms with E-state index in [0.29, 0.717) is 12.3 Å². The van der Waals surface area contributed by atoms with E-state index in [2.05, 4.69) is 65.6 Å². The summed E-state index contributed by atoms with van der Waals surface area (Å²) in [5.74, 6) is 0.996. The first-order valence-electron chi connectivity index (χ1n) is 9.87. The zero-order valence-electron chi connectivity index (χ0n) is 17.6. The average Bonchev–Trinajstić information content (AvgIpc) is 2.62. The summed E-state index contributed by atoms with van der Waals surface area (Å²) in [5, 5.41) is 7.20. The number of likely N-dealkylation sites (tertiary alicyclic amines) is 1. The van der Waals surface area contributed by atoms with Crippen molar-refractivity contribution in [1.29, 1.82) is 0 Å². The van der Waals surface area contributed by atoms with Crippen LogP contribution in [0.1, 0.15) is 51.6 Å². The summed E-state index contributed by atoms with van der Waals surface area (Å²) in [6.07, 6.45) is 2.57. The molecule has 0 aliphatic carbocycles. The zero-order valence-corrected chi connectivity index (χ0v) is 19.9. The van der Waals surface area contributed by atoms with Crippen LogP contribution < -0.4 is 16.4 Å². The second-order valence-corrected chi connectivity index (χ2v) is 8.19. The van der Waals surface area contributed by atoms with Gasteiger partial charge in [0.2, 0.25) is 5.91 Å². The van der Waals surface area contributed by atoms with Crippen molar-refractivity contribution < 1.29 is 4.79 Å². The fraction of sp³-hybridized carbons (Fsp3) is 0.619. The van der Waals surface area contributed by atoms with Gasteiger partial charge in [-0.15, -0.1) is 24.0 Å². The predicted molar refractivity (Wildman–Crippen MR) is 127 cm³/mol. The van der Waals surface area contributed by atoms with Gasteiger partial charge in [0.1, 0.15) is 0 Å². The fourth-order valence-corrected chi connectivity index (χ4v) is 3.80. The van der Waals surface area contributed by atoms with Gasteiger partial charge >= 0.3 is 0 Å². The van der Waals surface area contributed by atoms with E-state index in [1.54, 1.807) is 0 Å². The molecule has 7 heteroatoms. The van der Waals surface area contributed by atoms with E-state index in [4.69, 9.17) is 5.73 Å². The monoisotopic (exact) mass is 501 g/mol. The summed E-state index contributed by atoms with van der Waals surface area (Å²) in [7, 11) is 1.81. The Morgan fingerprint density at radius 1 is 1.36 bits per heavy atom. The maximum Gasteiger partial charge on any atom is 0.217 e. The number of benzene rings is 1. The van der Waals surface area contributed by atoms with Crippen molar-refractivity contribution in [2.45, 2.75) is 51.6 Å². The van der Waals surface area contributed by atoms with Crippen LogP contribution in [0.25, 0.3) is 0 Å². The fourth-order valence-electron chi connectivity index (χ4n) is 3.80. The van der Waals surface area contributed by atoms with E-state index < -0.39 is 0 Å². The van der Waals surface area contributed by atoms with Gasteiger partial charge in [-0.2, -0.15) is 0 Å². The van der Waals surface area contributed by atoms with Crippen LogP contribution in [0.3, 0.4) is 0 Å². The number of hydrogen-bond acceptors (Lipinski definition) is 3. The lowest BCUT2D eigenvalue weighted by atomic mass is 9.95. The number of halogens is 1. The molecule has 1 amide bonds. The van der Waals surface area contributed by atoms with E-state index in [-0.39, 0.29) is 41.5 Å². The van der Waals surface area contributed by atoms with Gasteiger partial charge in [0.05, 0.1) is 0 Å². The summed E-state index contributed by atoms with van der Waals surface area (Å²) in [4.78, 5) is 17.9. The quantitative estimate of drug-likeness (QED) is 0.305. The van der Waals surface area contributed by atoms with Crippen molar-refractivity contribution in [2.24, 2.45) is 16.6 Å². The minimum Gasteiger partial charge on any atom is -0.370 e. The third kappa shape index (κ3) is 7.95. The lowest BCUT2D eigenvalue weighted by molar-refractivity contribution is -0.119. The first kappa shape index (κ1) is 24.7. The Labute approximate surface area is 186 Å². The van der Waals surface area contributed by atoms with Crippen LogP contribution in [0.5, 0.6) is 0 Å². The molecule has 6 nitrogen and oxygen atoms in total. The zero-order chi connectivity index (χ0) is 19.9. The molecule has 1 saturated heterocycles. The number of amides is 1. The van der Waals surface area contributed by atoms with Gasteiger partial charge in [-0.1, -0.05) is 30.3 Å². The Bertz CT molecular complexity index is 635. The van der Waals surface area contributed by atoms with Gasteiger partial charge in [0.15, 0.2) is 5.96 Å². The van der Waals surface area contributed by atoms with Crippen LogP contribution in [-0.4, -0.2) is 49.0 Å². The molecule has 0 radical (unpaired) electrons. The molecule has 1 aromatic carbocycles. The van der Waals surface area contributed by atoms with Gasteiger partial charge < -0.3 is 21.3 Å². The van der Waals surface area contributed by atoms with Crippen LogP contribution >= 0.6 is 24.0 Å². The van der Waals surface area contributed by atoms with Gasteiger partial charge in [-0.05, 0) is 45.1 Å². The molecule has 2 atom stereocenters. The van der Waals surface area contributed by atoms with Gasteiger partial charge in [-0.3, -0.25) is 9.79 Å². The summed E-state index contributed by atoms with van der Waals surface area (Å²) >= 11 is 0. The van der Waals surface area contributed by atoms with Crippen molar-refractivity contribution >= 4 is 35.8 Å².